The Balaban J connectivity index is 1.66. The predicted molar refractivity (Wildman–Crippen MR) is 92.4 cm³/mol. The second-order valence-corrected chi connectivity index (χ2v) is 5.25. The van der Waals surface area contributed by atoms with Gasteiger partial charge in [-0.25, -0.2) is 0 Å². The largest absolute Gasteiger partial charge is 0.405 e. The zero-order valence-electron chi connectivity index (χ0n) is 11.6. The minimum atomic E-state index is 0.103. The molecule has 0 spiro atoms. The van der Waals surface area contributed by atoms with Crippen LogP contribution in [-0.4, -0.2) is 6.98 Å². The summed E-state index contributed by atoms with van der Waals surface area (Å²) < 4.78 is 0. The van der Waals surface area contributed by atoms with Gasteiger partial charge in [0.1, 0.15) is 0 Å². The number of anilines is 2. The Morgan fingerprint density at radius 2 is 1.38 bits per heavy atom. The first kappa shape index (κ1) is 12.1. The number of hydrogen-bond donors (Lipinski definition) is 2. The molecule has 1 aliphatic heterocycles. The quantitative estimate of drug-likeness (QED) is 0.673. The summed E-state index contributed by atoms with van der Waals surface area (Å²) in [4.78, 5) is 0. The summed E-state index contributed by atoms with van der Waals surface area (Å²) in [6.45, 7) is 0.103. The topological polar surface area (TPSA) is 24.1 Å². The van der Waals surface area contributed by atoms with Gasteiger partial charge in [0, 0.05) is 16.8 Å². The third-order valence-corrected chi connectivity index (χ3v) is 3.81. The molecule has 1 heterocycles. The molecule has 1 aliphatic rings. The lowest BCUT2D eigenvalue weighted by Gasteiger charge is -2.24. The summed E-state index contributed by atoms with van der Waals surface area (Å²) in [5.74, 6) is 2.16. The molecule has 3 aromatic carbocycles. The minimum Gasteiger partial charge on any atom is -0.405 e. The van der Waals surface area contributed by atoms with Gasteiger partial charge in [0.25, 0.3) is 0 Å². The Labute approximate surface area is 124 Å². The average Bonchev–Trinajstić information content (AvgIpc) is 2.54. The van der Waals surface area contributed by atoms with Gasteiger partial charge in [-0.15, -0.1) is 0 Å². The van der Waals surface area contributed by atoms with Crippen LogP contribution in [0.2, 0.25) is 0 Å². The second-order valence-electron chi connectivity index (χ2n) is 5.25. The first-order valence-electron chi connectivity index (χ1n) is 7.18. The van der Waals surface area contributed by atoms with Crippen LogP contribution in [0.1, 0.15) is 5.56 Å². The summed E-state index contributed by atoms with van der Waals surface area (Å²) >= 11 is 0. The molecule has 0 unspecified atom stereocenters. The maximum absolute atomic E-state index is 3.53. The van der Waals surface area contributed by atoms with Crippen molar-refractivity contribution >= 4 is 35.2 Å². The van der Waals surface area contributed by atoms with Crippen LogP contribution < -0.4 is 10.5 Å². The molecule has 2 N–H and O–H groups in total. The summed E-state index contributed by atoms with van der Waals surface area (Å²) in [6, 6.07) is 23.1. The Morgan fingerprint density at radius 3 is 2.05 bits per heavy atom. The highest BCUT2D eigenvalue weighted by molar-refractivity contribution is 6.73. The Morgan fingerprint density at radius 1 is 0.714 bits per heavy atom. The smallest absolute Gasteiger partial charge is 0.398 e. The maximum Gasteiger partial charge on any atom is 0.398 e. The molecule has 0 fully saturated rings. The van der Waals surface area contributed by atoms with Crippen molar-refractivity contribution in [3.8, 4) is 0 Å². The molecule has 0 amide bonds. The van der Waals surface area contributed by atoms with Crippen molar-refractivity contribution in [1.82, 2.24) is 0 Å². The first-order chi connectivity index (χ1) is 10.4. The van der Waals surface area contributed by atoms with Gasteiger partial charge in [0.2, 0.25) is 0 Å². The third-order valence-electron chi connectivity index (χ3n) is 3.81. The molecule has 0 radical (unpaired) electrons. The highest BCUT2D eigenvalue weighted by Crippen LogP contribution is 2.33. The van der Waals surface area contributed by atoms with Crippen LogP contribution in [0.25, 0.3) is 16.8 Å². The molecular formula is C18H15BN2. The molecule has 100 valence electrons. The normalized spacial score (nSPS) is 13.2. The van der Waals surface area contributed by atoms with Crippen LogP contribution in [0.5, 0.6) is 0 Å². The van der Waals surface area contributed by atoms with Gasteiger partial charge in [-0.1, -0.05) is 66.6 Å². The summed E-state index contributed by atoms with van der Waals surface area (Å²) in [6.07, 6.45) is 2.14. The Hall–Kier alpha value is -2.68. The van der Waals surface area contributed by atoms with E-state index in [4.69, 9.17) is 0 Å². The molecular weight excluding hydrogens is 255 g/mol. The minimum absolute atomic E-state index is 0.103. The predicted octanol–water partition coefficient (Wildman–Crippen LogP) is 4.42. The van der Waals surface area contributed by atoms with Gasteiger partial charge in [-0.2, -0.15) is 0 Å². The zero-order valence-corrected chi connectivity index (χ0v) is 11.6. The lowest BCUT2D eigenvalue weighted by molar-refractivity contribution is 1.61. The Bertz CT molecular complexity index is 771. The summed E-state index contributed by atoms with van der Waals surface area (Å²) in [7, 11) is 0. The van der Waals surface area contributed by atoms with E-state index in [-0.39, 0.29) is 6.98 Å². The van der Waals surface area contributed by atoms with E-state index >= 15 is 0 Å². The fourth-order valence-corrected chi connectivity index (χ4v) is 2.82. The number of rotatable bonds is 2. The van der Waals surface area contributed by atoms with E-state index in [1.807, 2.05) is 6.07 Å². The number of nitrogens with one attached hydrogen (secondary N) is 2. The van der Waals surface area contributed by atoms with Gasteiger partial charge >= 0.3 is 6.98 Å². The molecule has 0 aromatic heterocycles. The molecule has 0 saturated heterocycles. The zero-order chi connectivity index (χ0) is 14.1. The van der Waals surface area contributed by atoms with E-state index in [0.29, 0.717) is 0 Å². The average molecular weight is 270 g/mol. The lowest BCUT2D eigenvalue weighted by Crippen LogP contribution is -2.35. The van der Waals surface area contributed by atoms with Crippen molar-refractivity contribution in [1.29, 1.82) is 0 Å². The standard InChI is InChI=1S/C18H15BN2/c1-2-6-14(7-3-1)12-13-19-20-16-10-4-8-15-9-5-11-17(21-19)18(15)16/h1-13,20-21H/b13-12+. The molecule has 2 nitrogen and oxygen atoms in total. The van der Waals surface area contributed by atoms with E-state index in [1.165, 1.54) is 27.7 Å². The van der Waals surface area contributed by atoms with E-state index in [1.54, 1.807) is 0 Å². The fraction of sp³-hybridized carbons (Fsp3) is 0. The van der Waals surface area contributed by atoms with Crippen LogP contribution >= 0.6 is 0 Å². The van der Waals surface area contributed by atoms with Crippen molar-refractivity contribution in [2.75, 3.05) is 10.5 Å². The lowest BCUT2D eigenvalue weighted by atomic mass is 9.73. The molecule has 0 saturated carbocycles. The first-order valence-corrected chi connectivity index (χ1v) is 7.18. The van der Waals surface area contributed by atoms with Crippen molar-refractivity contribution in [2.45, 2.75) is 0 Å². The van der Waals surface area contributed by atoms with Crippen LogP contribution in [0.4, 0.5) is 11.4 Å². The van der Waals surface area contributed by atoms with E-state index in [0.717, 1.165) is 0 Å². The maximum atomic E-state index is 3.53. The highest BCUT2D eigenvalue weighted by atomic mass is 15.0. The van der Waals surface area contributed by atoms with E-state index < -0.39 is 0 Å². The van der Waals surface area contributed by atoms with E-state index in [9.17, 15) is 0 Å². The molecule has 21 heavy (non-hydrogen) atoms. The fourth-order valence-electron chi connectivity index (χ4n) is 2.82. The van der Waals surface area contributed by atoms with Crippen LogP contribution in [0.3, 0.4) is 0 Å². The van der Waals surface area contributed by atoms with Crippen LogP contribution in [0, 0.1) is 0 Å². The molecule has 0 bridgehead atoms. The molecule has 0 atom stereocenters. The highest BCUT2D eigenvalue weighted by Gasteiger charge is 2.20. The Kier molecular flexibility index (Phi) is 2.89. The molecule has 4 rings (SSSR count). The van der Waals surface area contributed by atoms with Crippen molar-refractivity contribution < 1.29 is 0 Å². The van der Waals surface area contributed by atoms with Crippen LogP contribution in [-0.2, 0) is 0 Å². The van der Waals surface area contributed by atoms with Crippen molar-refractivity contribution in [3.05, 3.63) is 78.3 Å². The van der Waals surface area contributed by atoms with Crippen LogP contribution in [0.15, 0.2) is 72.7 Å². The van der Waals surface area contributed by atoms with Gasteiger partial charge in [-0.3, -0.25) is 0 Å². The molecule has 3 aromatic rings. The summed E-state index contributed by atoms with van der Waals surface area (Å²) in [5.41, 5.74) is 3.58. The van der Waals surface area contributed by atoms with Crippen molar-refractivity contribution in [3.63, 3.8) is 0 Å². The van der Waals surface area contributed by atoms with E-state index in [2.05, 4.69) is 83.2 Å². The second kappa shape index (κ2) is 5.02. The SMILES string of the molecule is C(=C\c1ccccc1)/B1Nc2cccc3cccc(c23)N1. The van der Waals surface area contributed by atoms with Gasteiger partial charge in [0.15, 0.2) is 0 Å². The summed E-state index contributed by atoms with van der Waals surface area (Å²) in [5, 5.41) is 9.59. The number of benzene rings is 3. The number of hydrogen-bond acceptors (Lipinski definition) is 2. The van der Waals surface area contributed by atoms with Gasteiger partial charge < -0.3 is 10.5 Å². The van der Waals surface area contributed by atoms with Gasteiger partial charge in [-0.05, 0) is 23.1 Å². The third kappa shape index (κ3) is 2.27. The monoisotopic (exact) mass is 270 g/mol. The molecule has 3 heteroatoms. The van der Waals surface area contributed by atoms with Crippen molar-refractivity contribution in [2.24, 2.45) is 0 Å². The van der Waals surface area contributed by atoms with Gasteiger partial charge in [0.05, 0.1) is 0 Å². The molecule has 0 aliphatic carbocycles.